The summed E-state index contributed by atoms with van der Waals surface area (Å²) < 4.78 is 28.6. The molecular formula is C69H128O12. The fraction of sp³-hybridized carbons (Fsp3) is 0.913. The number of aliphatic hydroxyl groups excluding tert-OH is 2. The number of aliphatic carboxylic acids is 1. The molecule has 1 aliphatic rings. The summed E-state index contributed by atoms with van der Waals surface area (Å²) in [5.41, 5.74) is 0. The topological polar surface area (TPSA) is 175 Å². The van der Waals surface area contributed by atoms with Gasteiger partial charge in [-0.05, 0) is 44.9 Å². The summed E-state index contributed by atoms with van der Waals surface area (Å²) in [7, 11) is 0. The Kier molecular flexibility index (Phi) is 54.6. The van der Waals surface area contributed by atoms with Crippen molar-refractivity contribution in [3.63, 3.8) is 0 Å². The van der Waals surface area contributed by atoms with Gasteiger partial charge in [0.15, 0.2) is 24.6 Å². The number of carbonyl (C=O) groups is 4. The molecule has 0 saturated carbocycles. The molecule has 6 unspecified atom stereocenters. The number of carboxylic acids is 1. The third-order valence-electron chi connectivity index (χ3n) is 16.3. The minimum atomic E-state index is -1.90. The van der Waals surface area contributed by atoms with E-state index < -0.39 is 67.3 Å². The summed E-state index contributed by atoms with van der Waals surface area (Å²) in [4.78, 5) is 51.4. The standard InChI is InChI=1S/C69H128O12/c1-4-7-10-13-16-19-22-25-28-31-34-37-40-43-46-49-52-55-61(70)77-58-60(79-62(71)56-53-50-47-44-41-38-35-32-29-26-23-20-17-14-11-8-5-2)59-78-69-67(65(74)64(73)66(81-69)68(75)76)80-63(72)57-54-51-48-45-42-39-36-33-30-27-24-21-18-15-12-9-6-3/h27,30,60,64-67,69,73-74H,4-26,28-29,31-59H2,1-3H3,(H,75,76)/b30-27-. The van der Waals surface area contributed by atoms with E-state index in [1.165, 1.54) is 225 Å². The second-order valence-corrected chi connectivity index (χ2v) is 24.2. The summed E-state index contributed by atoms with van der Waals surface area (Å²) in [5, 5.41) is 31.6. The lowest BCUT2D eigenvalue weighted by molar-refractivity contribution is -0.301. The van der Waals surface area contributed by atoms with E-state index in [9.17, 15) is 34.5 Å². The smallest absolute Gasteiger partial charge is 0.335 e. The lowest BCUT2D eigenvalue weighted by Gasteiger charge is -2.40. The molecule has 1 rings (SSSR count). The highest BCUT2D eigenvalue weighted by molar-refractivity contribution is 5.74. The number of hydrogen-bond donors (Lipinski definition) is 3. The Morgan fingerprint density at radius 3 is 1.05 bits per heavy atom. The summed E-state index contributed by atoms with van der Waals surface area (Å²) in [6.07, 6.45) is 54.5. The molecule has 1 saturated heterocycles. The predicted octanol–water partition coefficient (Wildman–Crippen LogP) is 18.8. The zero-order valence-electron chi connectivity index (χ0n) is 52.8. The second-order valence-electron chi connectivity index (χ2n) is 24.2. The van der Waals surface area contributed by atoms with E-state index in [2.05, 4.69) is 32.9 Å². The number of rotatable bonds is 61. The summed E-state index contributed by atoms with van der Waals surface area (Å²) >= 11 is 0. The van der Waals surface area contributed by atoms with Crippen LogP contribution in [0.5, 0.6) is 0 Å². The van der Waals surface area contributed by atoms with Crippen LogP contribution < -0.4 is 0 Å². The Labute approximate surface area is 496 Å². The maximum Gasteiger partial charge on any atom is 0.335 e. The molecular weight excluding hydrogens is 1020 g/mol. The first kappa shape index (κ1) is 76.5. The highest BCUT2D eigenvalue weighted by Crippen LogP contribution is 2.27. The van der Waals surface area contributed by atoms with Crippen molar-refractivity contribution in [1.82, 2.24) is 0 Å². The quantitative estimate of drug-likeness (QED) is 0.0228. The van der Waals surface area contributed by atoms with Crippen molar-refractivity contribution < 1.29 is 58.2 Å². The number of carbonyl (C=O) groups excluding carboxylic acids is 3. The van der Waals surface area contributed by atoms with Crippen LogP contribution in [0.4, 0.5) is 0 Å². The van der Waals surface area contributed by atoms with Gasteiger partial charge in [-0.1, -0.05) is 303 Å². The largest absolute Gasteiger partial charge is 0.479 e. The molecule has 0 aliphatic carbocycles. The second kappa shape index (κ2) is 57.9. The van der Waals surface area contributed by atoms with E-state index >= 15 is 0 Å². The zero-order chi connectivity index (χ0) is 58.9. The minimum absolute atomic E-state index is 0.0623. The van der Waals surface area contributed by atoms with Gasteiger partial charge in [-0.3, -0.25) is 14.4 Å². The molecule has 0 bridgehead atoms. The van der Waals surface area contributed by atoms with Crippen molar-refractivity contribution >= 4 is 23.9 Å². The van der Waals surface area contributed by atoms with E-state index in [0.717, 1.165) is 70.6 Å². The van der Waals surface area contributed by atoms with Crippen molar-refractivity contribution in [2.75, 3.05) is 13.2 Å². The number of carboxylic acid groups (broad SMARTS) is 1. The molecule has 3 N–H and O–H groups in total. The Hall–Kier alpha value is -2.54. The van der Waals surface area contributed by atoms with Gasteiger partial charge in [0.25, 0.3) is 0 Å². The van der Waals surface area contributed by atoms with Crippen LogP contribution in [-0.4, -0.2) is 89.2 Å². The lowest BCUT2D eigenvalue weighted by atomic mass is 9.98. The number of allylic oxidation sites excluding steroid dienone is 2. The van der Waals surface area contributed by atoms with Gasteiger partial charge in [0.1, 0.15) is 18.8 Å². The molecule has 476 valence electrons. The van der Waals surface area contributed by atoms with Crippen LogP contribution in [0.3, 0.4) is 0 Å². The number of esters is 3. The van der Waals surface area contributed by atoms with E-state index in [4.69, 9.17) is 23.7 Å². The Balaban J connectivity index is 2.62. The van der Waals surface area contributed by atoms with E-state index in [0.29, 0.717) is 19.3 Å². The summed E-state index contributed by atoms with van der Waals surface area (Å²) in [6, 6.07) is 0. The van der Waals surface area contributed by atoms with Crippen LogP contribution in [-0.2, 0) is 42.9 Å². The van der Waals surface area contributed by atoms with E-state index in [-0.39, 0.29) is 25.9 Å². The normalized spacial score (nSPS) is 17.7. The van der Waals surface area contributed by atoms with Crippen molar-refractivity contribution in [1.29, 1.82) is 0 Å². The molecule has 0 radical (unpaired) electrons. The first-order valence-corrected chi connectivity index (χ1v) is 34.7. The number of ether oxygens (including phenoxy) is 5. The third-order valence-corrected chi connectivity index (χ3v) is 16.3. The van der Waals surface area contributed by atoms with Crippen molar-refractivity contribution in [3.8, 4) is 0 Å². The molecule has 1 heterocycles. The molecule has 1 aliphatic heterocycles. The van der Waals surface area contributed by atoms with Gasteiger partial charge in [-0.25, -0.2) is 4.79 Å². The molecule has 6 atom stereocenters. The number of hydrogen-bond acceptors (Lipinski definition) is 11. The molecule has 12 nitrogen and oxygen atoms in total. The first-order chi connectivity index (χ1) is 39.6. The molecule has 0 aromatic carbocycles. The van der Waals surface area contributed by atoms with Crippen LogP contribution >= 0.6 is 0 Å². The SMILES string of the molecule is CCCCCCCC/C=C\CCCCCCCCCC(=O)OC1C(OCC(COC(=O)CCCCCCCCCCCCCCCCCCC)OC(=O)CCCCCCCCCCCCCCCCCCC)OC(C(=O)O)C(O)C1O. The average Bonchev–Trinajstić information content (AvgIpc) is 3.53. The van der Waals surface area contributed by atoms with Crippen LogP contribution in [0.15, 0.2) is 12.2 Å². The van der Waals surface area contributed by atoms with Gasteiger partial charge < -0.3 is 39.0 Å². The number of aliphatic hydroxyl groups is 2. The molecule has 12 heteroatoms. The summed E-state index contributed by atoms with van der Waals surface area (Å²) in [6.45, 7) is 6.07. The Morgan fingerprint density at radius 2 is 0.704 bits per heavy atom. The lowest BCUT2D eigenvalue weighted by Crippen LogP contribution is -2.61. The minimum Gasteiger partial charge on any atom is -0.479 e. The molecule has 0 aromatic heterocycles. The maximum atomic E-state index is 13.2. The fourth-order valence-corrected chi connectivity index (χ4v) is 11.0. The Morgan fingerprint density at radius 1 is 0.395 bits per heavy atom. The molecule has 0 spiro atoms. The van der Waals surface area contributed by atoms with Crippen LogP contribution in [0.2, 0.25) is 0 Å². The molecule has 81 heavy (non-hydrogen) atoms. The zero-order valence-corrected chi connectivity index (χ0v) is 52.8. The Bertz CT molecular complexity index is 1460. The molecule has 0 aromatic rings. The van der Waals surface area contributed by atoms with Crippen molar-refractivity contribution in [3.05, 3.63) is 12.2 Å². The summed E-state index contributed by atoms with van der Waals surface area (Å²) in [5.74, 6) is -3.07. The first-order valence-electron chi connectivity index (χ1n) is 34.7. The highest BCUT2D eigenvalue weighted by Gasteiger charge is 2.50. The van der Waals surface area contributed by atoms with Gasteiger partial charge in [-0.2, -0.15) is 0 Å². The van der Waals surface area contributed by atoms with Crippen molar-refractivity contribution in [2.45, 2.75) is 391 Å². The average molecular weight is 1150 g/mol. The predicted molar refractivity (Wildman–Crippen MR) is 331 cm³/mol. The van der Waals surface area contributed by atoms with Gasteiger partial charge in [-0.15, -0.1) is 0 Å². The number of unbranched alkanes of at least 4 members (excludes halogenated alkanes) is 45. The monoisotopic (exact) mass is 1150 g/mol. The van der Waals surface area contributed by atoms with Gasteiger partial charge in [0.05, 0.1) is 6.61 Å². The van der Waals surface area contributed by atoms with E-state index in [1.807, 2.05) is 0 Å². The van der Waals surface area contributed by atoms with Gasteiger partial charge >= 0.3 is 23.9 Å². The molecule has 0 amide bonds. The van der Waals surface area contributed by atoms with Gasteiger partial charge in [0.2, 0.25) is 0 Å². The fourth-order valence-electron chi connectivity index (χ4n) is 11.0. The van der Waals surface area contributed by atoms with E-state index in [1.54, 1.807) is 0 Å². The maximum absolute atomic E-state index is 13.2. The van der Waals surface area contributed by atoms with Crippen LogP contribution in [0.1, 0.15) is 355 Å². The van der Waals surface area contributed by atoms with Crippen LogP contribution in [0, 0.1) is 0 Å². The van der Waals surface area contributed by atoms with Crippen LogP contribution in [0.25, 0.3) is 0 Å². The van der Waals surface area contributed by atoms with Gasteiger partial charge in [0, 0.05) is 19.3 Å². The highest BCUT2D eigenvalue weighted by atomic mass is 16.7. The third kappa shape index (κ3) is 47.4. The molecule has 1 fully saturated rings. The van der Waals surface area contributed by atoms with Crippen molar-refractivity contribution in [2.24, 2.45) is 0 Å².